The number of para-hydroxylation sites is 1. The van der Waals surface area contributed by atoms with E-state index >= 15 is 0 Å². The van der Waals surface area contributed by atoms with Crippen LogP contribution in [0, 0.1) is 0 Å². The summed E-state index contributed by atoms with van der Waals surface area (Å²) in [4.78, 5) is 16.4. The van der Waals surface area contributed by atoms with Crippen molar-refractivity contribution in [1.29, 1.82) is 0 Å². The number of anilines is 2. The summed E-state index contributed by atoms with van der Waals surface area (Å²) in [5.74, 6) is -0.477. The van der Waals surface area contributed by atoms with Gasteiger partial charge in [-0.15, -0.1) is 0 Å². The number of amides is 1. The lowest BCUT2D eigenvalue weighted by atomic mass is 10.1. The van der Waals surface area contributed by atoms with Crippen LogP contribution in [0.5, 0.6) is 0 Å². The molecule has 1 fully saturated rings. The number of benzene rings is 2. The fourth-order valence-corrected chi connectivity index (χ4v) is 5.03. The van der Waals surface area contributed by atoms with E-state index in [1.807, 2.05) is 24.3 Å². The van der Waals surface area contributed by atoms with Crippen molar-refractivity contribution in [2.75, 3.05) is 31.2 Å². The average Bonchev–Trinajstić information content (AvgIpc) is 2.74. The zero-order chi connectivity index (χ0) is 19.7. The molecule has 2 aromatic carbocycles. The molecule has 2 aromatic rings. The van der Waals surface area contributed by atoms with Gasteiger partial charge in [0.25, 0.3) is 5.91 Å². The smallest absolute Gasteiger partial charge is 0.267 e. The summed E-state index contributed by atoms with van der Waals surface area (Å²) in [5, 5.41) is 0. The molecule has 2 heterocycles. The molecule has 7 heteroatoms. The van der Waals surface area contributed by atoms with E-state index in [4.69, 9.17) is 4.74 Å². The Morgan fingerprint density at radius 1 is 1.07 bits per heavy atom. The molecule has 1 saturated heterocycles. The molecule has 0 unspecified atom stereocenters. The van der Waals surface area contributed by atoms with Gasteiger partial charge >= 0.3 is 0 Å². The molecule has 0 spiro atoms. The van der Waals surface area contributed by atoms with Gasteiger partial charge in [-0.1, -0.05) is 31.2 Å². The third kappa shape index (κ3) is 3.21. The van der Waals surface area contributed by atoms with Gasteiger partial charge in [0.05, 0.1) is 23.8 Å². The highest BCUT2D eigenvalue weighted by molar-refractivity contribution is 7.96. The van der Waals surface area contributed by atoms with Gasteiger partial charge in [-0.25, -0.2) is 8.42 Å². The van der Waals surface area contributed by atoms with Crippen molar-refractivity contribution in [1.82, 2.24) is 4.90 Å². The second-order valence-corrected chi connectivity index (χ2v) is 8.65. The largest absolute Gasteiger partial charge is 0.378 e. The van der Waals surface area contributed by atoms with Crippen LogP contribution < -0.4 is 4.90 Å². The van der Waals surface area contributed by atoms with Gasteiger partial charge in [0.1, 0.15) is 0 Å². The number of hydrogen-bond donors (Lipinski definition) is 0. The van der Waals surface area contributed by atoms with Crippen molar-refractivity contribution in [3.8, 4) is 0 Å². The summed E-state index contributed by atoms with van der Waals surface area (Å²) >= 11 is 0. The molecule has 1 amide bonds. The van der Waals surface area contributed by atoms with Crippen LogP contribution in [0.25, 0.3) is 0 Å². The molecular weight excluding hydrogens is 376 g/mol. The standard InChI is InChI=1S/C21H22N2O4S/c1-2-16-6-5-7-17(14-16)23-15-20(21(24)22-10-12-27-13-11-22)28(25,26)19-9-4-3-8-18(19)23/h3-9,14-15H,2,10-13H2,1H3. The maximum atomic E-state index is 13.2. The monoisotopic (exact) mass is 398 g/mol. The minimum Gasteiger partial charge on any atom is -0.378 e. The molecule has 2 aliphatic rings. The number of rotatable bonds is 3. The van der Waals surface area contributed by atoms with Gasteiger partial charge in [0.15, 0.2) is 4.91 Å². The van der Waals surface area contributed by atoms with E-state index in [1.54, 1.807) is 34.1 Å². The van der Waals surface area contributed by atoms with Crippen molar-refractivity contribution in [3.05, 3.63) is 65.2 Å². The molecule has 0 radical (unpaired) electrons. The number of fused-ring (bicyclic) bond motifs is 1. The molecule has 0 N–H and O–H groups in total. The van der Waals surface area contributed by atoms with Crippen LogP contribution in [0.1, 0.15) is 12.5 Å². The summed E-state index contributed by atoms with van der Waals surface area (Å²) in [6.07, 6.45) is 2.33. The minimum atomic E-state index is -3.90. The summed E-state index contributed by atoms with van der Waals surface area (Å²) in [6.45, 7) is 3.67. The number of carbonyl (C=O) groups is 1. The van der Waals surface area contributed by atoms with Gasteiger partial charge < -0.3 is 14.5 Å². The summed E-state index contributed by atoms with van der Waals surface area (Å²) in [7, 11) is -3.90. The Hall–Kier alpha value is -2.64. The molecule has 6 nitrogen and oxygen atoms in total. The first-order valence-electron chi connectivity index (χ1n) is 9.33. The Kier molecular flexibility index (Phi) is 4.95. The Balaban J connectivity index is 1.85. The Bertz CT molecular complexity index is 1040. The maximum Gasteiger partial charge on any atom is 0.267 e. The Labute approximate surface area is 164 Å². The van der Waals surface area contributed by atoms with E-state index in [-0.39, 0.29) is 9.80 Å². The average molecular weight is 398 g/mol. The predicted molar refractivity (Wildman–Crippen MR) is 107 cm³/mol. The van der Waals surface area contributed by atoms with Crippen molar-refractivity contribution in [2.24, 2.45) is 0 Å². The summed E-state index contributed by atoms with van der Waals surface area (Å²) < 4.78 is 31.7. The lowest BCUT2D eigenvalue weighted by Crippen LogP contribution is -2.43. The van der Waals surface area contributed by atoms with Gasteiger partial charge in [-0.3, -0.25) is 4.79 Å². The minimum absolute atomic E-state index is 0.149. The van der Waals surface area contributed by atoms with Crippen LogP contribution in [0.3, 0.4) is 0 Å². The number of nitrogens with zero attached hydrogens (tertiary/aromatic N) is 2. The Morgan fingerprint density at radius 2 is 1.82 bits per heavy atom. The number of ether oxygens (including phenoxy) is 1. The van der Waals surface area contributed by atoms with Crippen LogP contribution in [-0.4, -0.2) is 45.5 Å². The molecule has 0 aromatic heterocycles. The number of morpholine rings is 1. The highest BCUT2D eigenvalue weighted by Crippen LogP contribution is 2.40. The summed E-state index contributed by atoms with van der Waals surface area (Å²) in [5.41, 5.74) is 2.51. The van der Waals surface area contributed by atoms with Crippen LogP contribution in [-0.2, 0) is 25.8 Å². The molecular formula is C21H22N2O4S. The number of carbonyl (C=O) groups excluding carboxylic acids is 1. The van der Waals surface area contributed by atoms with Crippen molar-refractivity contribution in [3.63, 3.8) is 0 Å². The number of hydrogen-bond acceptors (Lipinski definition) is 5. The molecule has 0 saturated carbocycles. The first kappa shape index (κ1) is 18.7. The van der Waals surface area contributed by atoms with E-state index in [1.165, 1.54) is 6.20 Å². The lowest BCUT2D eigenvalue weighted by Gasteiger charge is -2.32. The third-order valence-corrected chi connectivity index (χ3v) is 6.84. The maximum absolute atomic E-state index is 13.2. The SMILES string of the molecule is CCc1cccc(N2C=C(C(=O)N3CCOCC3)S(=O)(=O)c3ccccc32)c1. The van der Waals surface area contributed by atoms with Crippen LogP contribution in [0.2, 0.25) is 0 Å². The Morgan fingerprint density at radius 3 is 2.57 bits per heavy atom. The predicted octanol–water partition coefficient (Wildman–Crippen LogP) is 2.87. The van der Waals surface area contributed by atoms with Crippen LogP contribution in [0.15, 0.2) is 64.5 Å². The van der Waals surface area contributed by atoms with E-state index in [0.29, 0.717) is 32.0 Å². The van der Waals surface area contributed by atoms with Gasteiger partial charge in [0, 0.05) is 25.0 Å². The first-order valence-corrected chi connectivity index (χ1v) is 10.8. The lowest BCUT2D eigenvalue weighted by molar-refractivity contribution is -0.130. The number of sulfone groups is 1. The van der Waals surface area contributed by atoms with Crippen molar-refractivity contribution >= 4 is 27.1 Å². The molecule has 2 aliphatic heterocycles. The summed E-state index contributed by atoms with van der Waals surface area (Å²) in [6, 6.07) is 14.7. The molecule has 28 heavy (non-hydrogen) atoms. The quantitative estimate of drug-likeness (QED) is 0.795. The molecule has 0 aliphatic carbocycles. The zero-order valence-electron chi connectivity index (χ0n) is 15.7. The van der Waals surface area contributed by atoms with E-state index < -0.39 is 15.7 Å². The first-order chi connectivity index (χ1) is 13.5. The molecule has 0 bridgehead atoms. The zero-order valence-corrected chi connectivity index (χ0v) is 16.5. The van der Waals surface area contributed by atoms with Gasteiger partial charge in [-0.05, 0) is 36.2 Å². The highest BCUT2D eigenvalue weighted by atomic mass is 32.2. The molecule has 4 rings (SSSR count). The van der Waals surface area contributed by atoms with E-state index in [0.717, 1.165) is 17.7 Å². The number of aryl methyl sites for hydroxylation is 1. The van der Waals surface area contributed by atoms with Crippen LogP contribution >= 0.6 is 0 Å². The fourth-order valence-electron chi connectivity index (χ4n) is 3.49. The second kappa shape index (κ2) is 7.41. The van der Waals surface area contributed by atoms with E-state index in [2.05, 4.69) is 6.92 Å². The third-order valence-electron chi connectivity index (χ3n) is 5.06. The molecule has 146 valence electrons. The van der Waals surface area contributed by atoms with Gasteiger partial charge in [-0.2, -0.15) is 0 Å². The molecule has 0 atom stereocenters. The fraction of sp³-hybridized carbons (Fsp3) is 0.286. The van der Waals surface area contributed by atoms with Crippen molar-refractivity contribution in [2.45, 2.75) is 18.2 Å². The van der Waals surface area contributed by atoms with Gasteiger partial charge in [0.2, 0.25) is 9.84 Å². The normalized spacial score (nSPS) is 18.4. The van der Waals surface area contributed by atoms with Crippen molar-refractivity contribution < 1.29 is 17.9 Å². The highest BCUT2D eigenvalue weighted by Gasteiger charge is 2.37. The van der Waals surface area contributed by atoms with Crippen LogP contribution in [0.4, 0.5) is 11.4 Å². The second-order valence-electron chi connectivity index (χ2n) is 6.76. The van der Waals surface area contributed by atoms with E-state index in [9.17, 15) is 13.2 Å². The topological polar surface area (TPSA) is 66.9 Å².